The molecule has 3 aromatic carbocycles. The lowest BCUT2D eigenvalue weighted by atomic mass is 10.0. The maximum Gasteiger partial charge on any atom is 0.335 e. The number of nitrogens with one attached hydrogen (secondary N) is 1. The van der Waals surface area contributed by atoms with E-state index in [1.165, 1.54) is 12.1 Å². The summed E-state index contributed by atoms with van der Waals surface area (Å²) >= 11 is 0. The average Bonchev–Trinajstić information content (AvgIpc) is 3.06. The quantitative estimate of drug-likeness (QED) is 0.570. The molecule has 0 spiro atoms. The highest BCUT2D eigenvalue weighted by Gasteiger charge is 2.11. The van der Waals surface area contributed by atoms with Gasteiger partial charge in [0.05, 0.1) is 16.6 Å². The van der Waals surface area contributed by atoms with Crippen LogP contribution in [0.25, 0.3) is 33.5 Å². The Balaban J connectivity index is 1.69. The van der Waals surface area contributed by atoms with Crippen LogP contribution in [0.1, 0.15) is 10.4 Å². The van der Waals surface area contributed by atoms with Crippen molar-refractivity contribution >= 4 is 17.0 Å². The molecular formula is C20H13FN2O2. The molecule has 0 radical (unpaired) electrons. The van der Waals surface area contributed by atoms with Crippen LogP contribution in [0, 0.1) is 5.82 Å². The summed E-state index contributed by atoms with van der Waals surface area (Å²) in [4.78, 5) is 18.7. The van der Waals surface area contributed by atoms with Gasteiger partial charge < -0.3 is 10.1 Å². The molecule has 0 unspecified atom stereocenters. The Morgan fingerprint density at radius 2 is 1.68 bits per heavy atom. The molecule has 0 saturated heterocycles. The van der Waals surface area contributed by atoms with Crippen LogP contribution in [-0.4, -0.2) is 21.0 Å². The predicted molar refractivity (Wildman–Crippen MR) is 93.9 cm³/mol. The third kappa shape index (κ3) is 2.76. The minimum absolute atomic E-state index is 0.0693. The number of nitrogens with zero attached hydrogens (tertiary/aromatic N) is 1. The Morgan fingerprint density at radius 3 is 2.36 bits per heavy atom. The number of halogens is 1. The van der Waals surface area contributed by atoms with Crippen molar-refractivity contribution in [3.63, 3.8) is 0 Å². The van der Waals surface area contributed by atoms with Gasteiger partial charge in [-0.1, -0.05) is 42.5 Å². The summed E-state index contributed by atoms with van der Waals surface area (Å²) in [7, 11) is 0. The fourth-order valence-corrected chi connectivity index (χ4v) is 2.78. The fourth-order valence-electron chi connectivity index (χ4n) is 2.78. The van der Waals surface area contributed by atoms with Gasteiger partial charge in [0.2, 0.25) is 0 Å². The number of imidazole rings is 1. The van der Waals surface area contributed by atoms with E-state index in [1.54, 1.807) is 12.1 Å². The average molecular weight is 332 g/mol. The van der Waals surface area contributed by atoms with Crippen molar-refractivity contribution in [2.75, 3.05) is 0 Å². The second kappa shape index (κ2) is 5.87. The Morgan fingerprint density at radius 1 is 0.960 bits per heavy atom. The van der Waals surface area contributed by atoms with Crippen molar-refractivity contribution in [2.24, 2.45) is 0 Å². The Bertz CT molecular complexity index is 1050. The van der Waals surface area contributed by atoms with Gasteiger partial charge in [-0.15, -0.1) is 0 Å². The zero-order chi connectivity index (χ0) is 17.4. The van der Waals surface area contributed by atoms with Gasteiger partial charge in [0.25, 0.3) is 0 Å². The van der Waals surface area contributed by atoms with Gasteiger partial charge in [0.1, 0.15) is 11.6 Å². The van der Waals surface area contributed by atoms with Gasteiger partial charge in [0, 0.05) is 11.1 Å². The van der Waals surface area contributed by atoms with E-state index in [-0.39, 0.29) is 5.56 Å². The molecule has 5 heteroatoms. The summed E-state index contributed by atoms with van der Waals surface area (Å²) < 4.78 is 14.2. The number of rotatable bonds is 3. The number of carbonyl (C=O) groups is 1. The number of fused-ring (bicyclic) bond motifs is 1. The van der Waals surface area contributed by atoms with Crippen LogP contribution in [0.5, 0.6) is 0 Å². The molecule has 4 nitrogen and oxygen atoms in total. The number of carboxylic acid groups (broad SMARTS) is 1. The Labute approximate surface area is 142 Å². The number of H-pyrrole nitrogens is 1. The van der Waals surface area contributed by atoms with E-state index in [1.807, 2.05) is 36.4 Å². The molecule has 1 heterocycles. The minimum Gasteiger partial charge on any atom is -0.478 e. The van der Waals surface area contributed by atoms with Crippen molar-refractivity contribution < 1.29 is 14.3 Å². The van der Waals surface area contributed by atoms with Gasteiger partial charge in [-0.05, 0) is 29.8 Å². The van der Waals surface area contributed by atoms with Crippen LogP contribution in [0.2, 0.25) is 0 Å². The van der Waals surface area contributed by atoms with Crippen LogP contribution >= 0.6 is 0 Å². The van der Waals surface area contributed by atoms with Crippen molar-refractivity contribution in [3.8, 4) is 22.5 Å². The SMILES string of the molecule is O=C(O)c1ccc(-c2ccc(-c3nc4ccccc4[nH]3)cc2)c(F)c1. The summed E-state index contributed by atoms with van der Waals surface area (Å²) in [6.07, 6.45) is 0. The Hall–Kier alpha value is -3.47. The van der Waals surface area contributed by atoms with E-state index in [0.717, 1.165) is 28.5 Å². The van der Waals surface area contributed by atoms with Gasteiger partial charge in [-0.2, -0.15) is 0 Å². The van der Waals surface area contributed by atoms with Crippen molar-refractivity contribution in [2.45, 2.75) is 0 Å². The molecule has 4 aromatic rings. The topological polar surface area (TPSA) is 66.0 Å². The lowest BCUT2D eigenvalue weighted by molar-refractivity contribution is 0.0696. The molecule has 0 aliphatic carbocycles. The predicted octanol–water partition coefficient (Wildman–Crippen LogP) is 4.73. The summed E-state index contributed by atoms with van der Waals surface area (Å²) in [6.45, 7) is 0. The zero-order valence-corrected chi connectivity index (χ0v) is 13.0. The third-order valence-corrected chi connectivity index (χ3v) is 4.07. The molecule has 1 aromatic heterocycles. The maximum atomic E-state index is 14.2. The number of para-hydroxylation sites is 2. The minimum atomic E-state index is -1.15. The lowest BCUT2D eigenvalue weighted by Gasteiger charge is -2.05. The van der Waals surface area contributed by atoms with Crippen LogP contribution in [-0.2, 0) is 0 Å². The van der Waals surface area contributed by atoms with Crippen molar-refractivity contribution in [1.82, 2.24) is 9.97 Å². The van der Waals surface area contributed by atoms with E-state index in [0.29, 0.717) is 11.1 Å². The first-order valence-electron chi connectivity index (χ1n) is 7.70. The molecule has 0 atom stereocenters. The maximum absolute atomic E-state index is 14.2. The lowest BCUT2D eigenvalue weighted by Crippen LogP contribution is -1.97. The number of aromatic carboxylic acids is 1. The first-order valence-corrected chi connectivity index (χ1v) is 7.70. The van der Waals surface area contributed by atoms with Crippen LogP contribution in [0.15, 0.2) is 66.7 Å². The molecule has 4 rings (SSSR count). The molecule has 122 valence electrons. The summed E-state index contributed by atoms with van der Waals surface area (Å²) in [5, 5.41) is 8.92. The summed E-state index contributed by atoms with van der Waals surface area (Å²) in [5.41, 5.74) is 3.70. The normalized spacial score (nSPS) is 10.9. The zero-order valence-electron chi connectivity index (χ0n) is 13.0. The second-order valence-corrected chi connectivity index (χ2v) is 5.68. The van der Waals surface area contributed by atoms with E-state index < -0.39 is 11.8 Å². The van der Waals surface area contributed by atoms with E-state index >= 15 is 0 Å². The number of aromatic nitrogens is 2. The van der Waals surface area contributed by atoms with Gasteiger partial charge in [0.15, 0.2) is 0 Å². The first-order chi connectivity index (χ1) is 12.1. The molecule has 0 aliphatic heterocycles. The van der Waals surface area contributed by atoms with Gasteiger partial charge >= 0.3 is 5.97 Å². The monoisotopic (exact) mass is 332 g/mol. The third-order valence-electron chi connectivity index (χ3n) is 4.07. The molecule has 0 fully saturated rings. The molecule has 0 saturated carbocycles. The molecule has 25 heavy (non-hydrogen) atoms. The highest BCUT2D eigenvalue weighted by Crippen LogP contribution is 2.27. The van der Waals surface area contributed by atoms with Crippen LogP contribution in [0.3, 0.4) is 0 Å². The van der Waals surface area contributed by atoms with Gasteiger partial charge in [-0.3, -0.25) is 0 Å². The number of carboxylic acids is 1. The highest BCUT2D eigenvalue weighted by molar-refractivity contribution is 5.88. The van der Waals surface area contributed by atoms with Crippen molar-refractivity contribution in [3.05, 3.63) is 78.1 Å². The van der Waals surface area contributed by atoms with Crippen LogP contribution < -0.4 is 0 Å². The molecular weight excluding hydrogens is 319 g/mol. The first kappa shape index (κ1) is 15.1. The molecule has 0 aliphatic rings. The highest BCUT2D eigenvalue weighted by atomic mass is 19.1. The van der Waals surface area contributed by atoms with Crippen LogP contribution in [0.4, 0.5) is 4.39 Å². The molecule has 0 bridgehead atoms. The number of hydrogen-bond donors (Lipinski definition) is 2. The van der Waals surface area contributed by atoms with E-state index in [9.17, 15) is 9.18 Å². The number of hydrogen-bond acceptors (Lipinski definition) is 2. The van der Waals surface area contributed by atoms with Crippen molar-refractivity contribution in [1.29, 1.82) is 0 Å². The largest absolute Gasteiger partial charge is 0.478 e. The number of aromatic amines is 1. The van der Waals surface area contributed by atoms with E-state index in [2.05, 4.69) is 9.97 Å². The summed E-state index contributed by atoms with van der Waals surface area (Å²) in [6, 6.07) is 19.0. The van der Waals surface area contributed by atoms with Gasteiger partial charge in [-0.25, -0.2) is 14.2 Å². The smallest absolute Gasteiger partial charge is 0.335 e. The Kier molecular flexibility index (Phi) is 3.54. The fraction of sp³-hybridized carbons (Fsp3) is 0. The second-order valence-electron chi connectivity index (χ2n) is 5.68. The molecule has 0 amide bonds. The summed E-state index contributed by atoms with van der Waals surface area (Å²) in [5.74, 6) is -0.962. The molecule has 2 N–H and O–H groups in total. The van der Waals surface area contributed by atoms with E-state index in [4.69, 9.17) is 5.11 Å². The number of benzene rings is 3. The standard InChI is InChI=1S/C20H13FN2O2/c21-16-11-14(20(24)25)9-10-15(16)12-5-7-13(8-6-12)19-22-17-3-1-2-4-18(17)23-19/h1-11H,(H,22,23)(H,24,25).